The number of para-hydroxylation sites is 1. The molecule has 2 aromatic carbocycles. The monoisotopic (exact) mass is 255 g/mol. The molecule has 96 valence electrons. The topological polar surface area (TPSA) is 90.4 Å². The van der Waals surface area contributed by atoms with Gasteiger partial charge in [-0.25, -0.2) is 4.79 Å². The van der Waals surface area contributed by atoms with E-state index in [1.165, 1.54) is 17.0 Å². The minimum Gasteiger partial charge on any atom is -0.478 e. The molecule has 0 aliphatic carbocycles. The van der Waals surface area contributed by atoms with Gasteiger partial charge in [0.1, 0.15) is 0 Å². The number of nitrogens with zero attached hydrogens (tertiary/aromatic N) is 1. The molecular formula is C14H13N3O2. The number of anilines is 2. The van der Waals surface area contributed by atoms with Crippen molar-refractivity contribution in [3.63, 3.8) is 0 Å². The van der Waals surface area contributed by atoms with Crippen molar-refractivity contribution in [2.45, 2.75) is 0 Å². The summed E-state index contributed by atoms with van der Waals surface area (Å²) in [5, 5.41) is 16.7. The predicted octanol–water partition coefficient (Wildman–Crippen LogP) is 2.42. The second kappa shape index (κ2) is 5.22. The highest BCUT2D eigenvalue weighted by Crippen LogP contribution is 2.25. The maximum Gasteiger partial charge on any atom is 0.335 e. The van der Waals surface area contributed by atoms with Crippen LogP contribution in [-0.4, -0.2) is 17.0 Å². The van der Waals surface area contributed by atoms with Crippen LogP contribution in [0.5, 0.6) is 0 Å². The summed E-state index contributed by atoms with van der Waals surface area (Å²) in [6.07, 6.45) is 0. The Labute approximate surface area is 110 Å². The minimum absolute atomic E-state index is 0.152. The SMILES string of the molecule is N=C(N)N(c1ccccc1)c1cccc(C(=O)O)c1. The van der Waals surface area contributed by atoms with Gasteiger partial charge in [0, 0.05) is 11.4 Å². The van der Waals surface area contributed by atoms with E-state index in [1.807, 2.05) is 18.2 Å². The van der Waals surface area contributed by atoms with Gasteiger partial charge in [0.2, 0.25) is 0 Å². The minimum atomic E-state index is -1.02. The van der Waals surface area contributed by atoms with E-state index in [2.05, 4.69) is 0 Å². The van der Waals surface area contributed by atoms with Crippen LogP contribution in [0.2, 0.25) is 0 Å². The molecule has 0 amide bonds. The van der Waals surface area contributed by atoms with E-state index < -0.39 is 5.97 Å². The summed E-state index contributed by atoms with van der Waals surface area (Å²) in [5.41, 5.74) is 6.99. The molecule has 4 N–H and O–H groups in total. The highest BCUT2D eigenvalue weighted by Gasteiger charge is 2.13. The summed E-state index contributed by atoms with van der Waals surface area (Å²) in [6.45, 7) is 0. The van der Waals surface area contributed by atoms with E-state index in [4.69, 9.17) is 16.2 Å². The Balaban J connectivity index is 2.49. The average Bonchev–Trinajstić information content (AvgIpc) is 2.40. The number of hydrogen-bond acceptors (Lipinski definition) is 2. The first-order chi connectivity index (χ1) is 9.09. The van der Waals surface area contributed by atoms with Crippen LogP contribution in [0.15, 0.2) is 54.6 Å². The van der Waals surface area contributed by atoms with Gasteiger partial charge in [0.15, 0.2) is 5.96 Å². The lowest BCUT2D eigenvalue weighted by molar-refractivity contribution is 0.0697. The molecule has 2 aromatic rings. The fourth-order valence-electron chi connectivity index (χ4n) is 1.78. The molecule has 5 nitrogen and oxygen atoms in total. The first-order valence-corrected chi connectivity index (χ1v) is 5.62. The average molecular weight is 255 g/mol. The predicted molar refractivity (Wildman–Crippen MR) is 73.9 cm³/mol. The normalized spacial score (nSPS) is 9.89. The quantitative estimate of drug-likeness (QED) is 0.580. The lowest BCUT2D eigenvalue weighted by Gasteiger charge is -2.23. The van der Waals surface area contributed by atoms with Crippen LogP contribution >= 0.6 is 0 Å². The summed E-state index contributed by atoms with van der Waals surface area (Å²) >= 11 is 0. The van der Waals surface area contributed by atoms with Crippen molar-refractivity contribution in [2.75, 3.05) is 4.90 Å². The van der Waals surface area contributed by atoms with Gasteiger partial charge in [-0.2, -0.15) is 0 Å². The number of rotatable bonds is 3. The van der Waals surface area contributed by atoms with E-state index in [9.17, 15) is 4.79 Å². The number of nitrogens with one attached hydrogen (secondary N) is 1. The number of nitrogens with two attached hydrogens (primary N) is 1. The van der Waals surface area contributed by atoms with Gasteiger partial charge in [-0.05, 0) is 30.3 Å². The molecule has 0 saturated carbocycles. The smallest absolute Gasteiger partial charge is 0.335 e. The number of carboxylic acid groups (broad SMARTS) is 1. The number of guanidine groups is 1. The van der Waals surface area contributed by atoms with Crippen molar-refractivity contribution >= 4 is 23.3 Å². The molecule has 0 saturated heterocycles. The zero-order valence-electron chi connectivity index (χ0n) is 10.1. The van der Waals surface area contributed by atoms with Crippen LogP contribution in [0.1, 0.15) is 10.4 Å². The van der Waals surface area contributed by atoms with Crippen molar-refractivity contribution in [3.05, 3.63) is 60.2 Å². The molecule has 5 heteroatoms. The number of aromatic carboxylic acids is 1. The molecule has 19 heavy (non-hydrogen) atoms. The van der Waals surface area contributed by atoms with E-state index in [0.29, 0.717) is 11.4 Å². The van der Waals surface area contributed by atoms with Gasteiger partial charge in [0.25, 0.3) is 0 Å². The van der Waals surface area contributed by atoms with Crippen molar-refractivity contribution in [1.29, 1.82) is 5.41 Å². The lowest BCUT2D eigenvalue weighted by Crippen LogP contribution is -2.32. The van der Waals surface area contributed by atoms with E-state index in [-0.39, 0.29) is 11.5 Å². The number of carboxylic acids is 1. The van der Waals surface area contributed by atoms with Gasteiger partial charge in [-0.1, -0.05) is 24.3 Å². The second-order valence-electron chi connectivity index (χ2n) is 3.91. The number of hydrogen-bond donors (Lipinski definition) is 3. The molecule has 0 atom stereocenters. The fourth-order valence-corrected chi connectivity index (χ4v) is 1.78. The van der Waals surface area contributed by atoms with Crippen LogP contribution in [0.4, 0.5) is 11.4 Å². The maximum absolute atomic E-state index is 11.0. The Morgan fingerprint density at radius 3 is 2.26 bits per heavy atom. The van der Waals surface area contributed by atoms with Crippen molar-refractivity contribution in [3.8, 4) is 0 Å². The Morgan fingerprint density at radius 2 is 1.68 bits per heavy atom. The summed E-state index contributed by atoms with van der Waals surface area (Å²) in [5.74, 6) is -1.19. The number of carbonyl (C=O) groups is 1. The fraction of sp³-hybridized carbons (Fsp3) is 0. The van der Waals surface area contributed by atoms with E-state index in [1.54, 1.807) is 24.3 Å². The third-order valence-electron chi connectivity index (χ3n) is 2.61. The maximum atomic E-state index is 11.0. The van der Waals surface area contributed by atoms with Crippen LogP contribution in [0.3, 0.4) is 0 Å². The highest BCUT2D eigenvalue weighted by molar-refractivity contribution is 6.01. The lowest BCUT2D eigenvalue weighted by atomic mass is 10.1. The zero-order valence-corrected chi connectivity index (χ0v) is 10.1. The molecule has 0 aliphatic rings. The van der Waals surface area contributed by atoms with Gasteiger partial charge in [0.05, 0.1) is 5.56 Å². The molecule has 0 spiro atoms. The van der Waals surface area contributed by atoms with Gasteiger partial charge in [-0.3, -0.25) is 10.3 Å². The van der Waals surface area contributed by atoms with Gasteiger partial charge in [-0.15, -0.1) is 0 Å². The van der Waals surface area contributed by atoms with Crippen molar-refractivity contribution in [1.82, 2.24) is 0 Å². The van der Waals surface area contributed by atoms with Crippen LogP contribution < -0.4 is 10.6 Å². The molecule has 0 aromatic heterocycles. The summed E-state index contributed by atoms with van der Waals surface area (Å²) in [6, 6.07) is 15.4. The van der Waals surface area contributed by atoms with Crippen molar-refractivity contribution < 1.29 is 9.90 Å². The molecular weight excluding hydrogens is 242 g/mol. The molecule has 0 aliphatic heterocycles. The molecule has 0 heterocycles. The number of benzene rings is 2. The van der Waals surface area contributed by atoms with Crippen LogP contribution in [0, 0.1) is 5.41 Å². The Morgan fingerprint density at radius 1 is 1.05 bits per heavy atom. The van der Waals surface area contributed by atoms with Gasteiger partial charge >= 0.3 is 5.97 Å². The summed E-state index contributed by atoms with van der Waals surface area (Å²) in [4.78, 5) is 12.5. The molecule has 2 rings (SSSR count). The third kappa shape index (κ3) is 2.71. The Kier molecular flexibility index (Phi) is 3.47. The van der Waals surface area contributed by atoms with E-state index in [0.717, 1.165) is 0 Å². The van der Waals surface area contributed by atoms with Gasteiger partial charge < -0.3 is 10.8 Å². The first-order valence-electron chi connectivity index (χ1n) is 5.62. The third-order valence-corrected chi connectivity index (χ3v) is 2.61. The summed E-state index contributed by atoms with van der Waals surface area (Å²) in [7, 11) is 0. The van der Waals surface area contributed by atoms with E-state index >= 15 is 0 Å². The Hall–Kier alpha value is -2.82. The highest BCUT2D eigenvalue weighted by atomic mass is 16.4. The molecule has 0 unspecified atom stereocenters. The Bertz CT molecular complexity index is 611. The summed E-state index contributed by atoms with van der Waals surface area (Å²) < 4.78 is 0. The molecule has 0 bridgehead atoms. The zero-order chi connectivity index (χ0) is 13.8. The largest absolute Gasteiger partial charge is 0.478 e. The second-order valence-corrected chi connectivity index (χ2v) is 3.91. The van der Waals surface area contributed by atoms with Crippen LogP contribution in [-0.2, 0) is 0 Å². The molecule has 0 radical (unpaired) electrons. The van der Waals surface area contributed by atoms with Crippen molar-refractivity contribution in [2.24, 2.45) is 5.73 Å². The van der Waals surface area contributed by atoms with Crippen LogP contribution in [0.25, 0.3) is 0 Å². The first kappa shape index (κ1) is 12.6. The standard InChI is InChI=1S/C14H13N3O2/c15-14(16)17(11-6-2-1-3-7-11)12-8-4-5-10(9-12)13(18)19/h1-9H,(H3,15,16)(H,18,19). The molecule has 0 fully saturated rings.